The van der Waals surface area contributed by atoms with Crippen molar-refractivity contribution in [3.63, 3.8) is 0 Å². The van der Waals surface area contributed by atoms with Gasteiger partial charge in [0, 0.05) is 0 Å². The summed E-state index contributed by atoms with van der Waals surface area (Å²) in [6.07, 6.45) is 15.3. The van der Waals surface area contributed by atoms with E-state index in [2.05, 4.69) is 13.8 Å². The number of rotatable bonds is 5. The zero-order chi connectivity index (χ0) is 28.6. The summed E-state index contributed by atoms with van der Waals surface area (Å²) in [7, 11) is 0. The van der Waals surface area contributed by atoms with E-state index < -0.39 is 5.60 Å². The Balaban J connectivity index is 0.000000162. The minimum absolute atomic E-state index is 0.0606. The lowest BCUT2D eigenvalue weighted by molar-refractivity contribution is -0.154. The van der Waals surface area contributed by atoms with Crippen LogP contribution in [0.4, 0.5) is 0 Å². The molecule has 4 nitrogen and oxygen atoms in total. The second kappa shape index (κ2) is 11.7. The van der Waals surface area contributed by atoms with Crippen LogP contribution in [0.3, 0.4) is 0 Å². The Kier molecular flexibility index (Phi) is 8.45. The molecule has 0 heterocycles. The van der Waals surface area contributed by atoms with Gasteiger partial charge in [0.2, 0.25) is 0 Å². The molecular weight excluding hydrogens is 496 g/mol. The van der Waals surface area contributed by atoms with Gasteiger partial charge in [0.05, 0.1) is 19.4 Å². The second-order valence-corrected chi connectivity index (χ2v) is 13.2. The Morgan fingerprint density at radius 2 is 0.900 bits per heavy atom. The number of esters is 2. The fraction of sp³-hybridized carbons (Fsp3) is 0.611. The molecule has 6 rings (SSSR count). The third kappa shape index (κ3) is 5.74. The van der Waals surface area contributed by atoms with Crippen LogP contribution in [-0.2, 0) is 83.3 Å². The van der Waals surface area contributed by atoms with Crippen LogP contribution in [0, 0.1) is 13.8 Å². The molecule has 4 aliphatic rings. The van der Waals surface area contributed by atoms with E-state index in [1.165, 1.54) is 107 Å². The lowest BCUT2D eigenvalue weighted by Crippen LogP contribution is -2.25. The number of ether oxygens (including phenoxy) is 2. The van der Waals surface area contributed by atoms with Crippen LogP contribution in [0.1, 0.15) is 120 Å². The van der Waals surface area contributed by atoms with Crippen molar-refractivity contribution in [3.8, 4) is 0 Å². The molecule has 2 aromatic carbocycles. The molecule has 216 valence electrons. The number of hydrogen-bond donors (Lipinski definition) is 0. The third-order valence-corrected chi connectivity index (χ3v) is 9.51. The molecule has 0 N–H and O–H groups in total. The second-order valence-electron chi connectivity index (χ2n) is 13.2. The monoisotopic (exact) mass is 544 g/mol. The van der Waals surface area contributed by atoms with E-state index in [9.17, 15) is 9.59 Å². The smallest absolute Gasteiger partial charge is 0.310 e. The summed E-state index contributed by atoms with van der Waals surface area (Å²) in [4.78, 5) is 24.2. The van der Waals surface area contributed by atoms with E-state index in [-0.39, 0.29) is 11.9 Å². The minimum atomic E-state index is -0.395. The molecule has 0 unspecified atom stereocenters. The quantitative estimate of drug-likeness (QED) is 0.383. The van der Waals surface area contributed by atoms with Crippen molar-refractivity contribution in [3.05, 3.63) is 66.8 Å². The number of benzene rings is 2. The van der Waals surface area contributed by atoms with Crippen molar-refractivity contribution < 1.29 is 19.1 Å². The predicted molar refractivity (Wildman–Crippen MR) is 160 cm³/mol. The summed E-state index contributed by atoms with van der Waals surface area (Å²) in [5, 5.41) is 0. The van der Waals surface area contributed by atoms with Crippen LogP contribution in [0.25, 0.3) is 0 Å². The Morgan fingerprint density at radius 3 is 1.23 bits per heavy atom. The highest BCUT2D eigenvalue weighted by Gasteiger charge is 2.30. The molecule has 4 heteroatoms. The first kappa shape index (κ1) is 28.9. The number of fused-ring (bicyclic) bond motifs is 4. The van der Waals surface area contributed by atoms with Crippen molar-refractivity contribution in [1.29, 1.82) is 0 Å². The predicted octanol–water partition coefficient (Wildman–Crippen LogP) is 6.93. The Bertz CT molecular complexity index is 1250. The zero-order valence-corrected chi connectivity index (χ0v) is 25.7. The van der Waals surface area contributed by atoms with Crippen molar-refractivity contribution in [1.82, 2.24) is 0 Å². The Hall–Kier alpha value is -2.62. The van der Waals surface area contributed by atoms with Crippen LogP contribution in [0.2, 0.25) is 0 Å². The van der Waals surface area contributed by atoms with Gasteiger partial charge in [-0.05, 0) is 185 Å². The summed E-state index contributed by atoms with van der Waals surface area (Å²) in [5.41, 5.74) is 17.3. The zero-order valence-electron chi connectivity index (χ0n) is 25.7. The highest BCUT2D eigenvalue weighted by atomic mass is 16.6. The highest BCUT2D eigenvalue weighted by Crippen LogP contribution is 2.40. The van der Waals surface area contributed by atoms with Crippen LogP contribution < -0.4 is 0 Å². The molecule has 0 aromatic heterocycles. The molecule has 0 atom stereocenters. The molecule has 0 saturated carbocycles. The standard InChI is InChI=1S/C19H26O2.C17H22O2/c1-12-13-7-5-9-15(13)17(16-10-6-8-14(12)16)11-18(20)21-19(2,3)4;1-3-19-17(18)10-16-14-8-4-6-12(14)11(2)13-7-5-9-15(13)16/h5-11H2,1-4H3;3-10H2,1-2H3. The number of hydrogen-bond acceptors (Lipinski definition) is 4. The van der Waals surface area contributed by atoms with Crippen LogP contribution in [-0.4, -0.2) is 24.1 Å². The highest BCUT2D eigenvalue weighted by molar-refractivity contribution is 5.76. The molecule has 0 amide bonds. The maximum absolute atomic E-state index is 12.3. The Morgan fingerprint density at radius 1 is 0.575 bits per heavy atom. The van der Waals surface area contributed by atoms with Gasteiger partial charge in [-0.15, -0.1) is 0 Å². The molecule has 2 aromatic rings. The maximum Gasteiger partial charge on any atom is 0.310 e. The van der Waals surface area contributed by atoms with Gasteiger partial charge < -0.3 is 9.47 Å². The molecule has 4 aliphatic carbocycles. The molecule has 0 bridgehead atoms. The van der Waals surface area contributed by atoms with Gasteiger partial charge in [-0.25, -0.2) is 0 Å². The Labute approximate surface area is 241 Å². The first-order valence-electron chi connectivity index (χ1n) is 15.8. The molecule has 40 heavy (non-hydrogen) atoms. The summed E-state index contributed by atoms with van der Waals surface area (Å²) >= 11 is 0. The lowest BCUT2D eigenvalue weighted by Gasteiger charge is -2.22. The maximum atomic E-state index is 12.3. The molecule has 0 aliphatic heterocycles. The minimum Gasteiger partial charge on any atom is -0.466 e. The van der Waals surface area contributed by atoms with E-state index in [0.717, 1.165) is 25.7 Å². The van der Waals surface area contributed by atoms with Crippen LogP contribution >= 0.6 is 0 Å². The van der Waals surface area contributed by atoms with Gasteiger partial charge in [-0.3, -0.25) is 9.59 Å². The molecule has 0 radical (unpaired) electrons. The van der Waals surface area contributed by atoms with Crippen LogP contribution in [0.5, 0.6) is 0 Å². The third-order valence-electron chi connectivity index (χ3n) is 9.51. The van der Waals surface area contributed by atoms with E-state index in [4.69, 9.17) is 9.47 Å². The average Bonchev–Trinajstić information content (AvgIpc) is 3.70. The van der Waals surface area contributed by atoms with Gasteiger partial charge >= 0.3 is 11.9 Å². The summed E-state index contributed by atoms with van der Waals surface area (Å²) in [6.45, 7) is 12.7. The van der Waals surface area contributed by atoms with E-state index in [1.54, 1.807) is 11.1 Å². The van der Waals surface area contributed by atoms with Gasteiger partial charge in [0.25, 0.3) is 0 Å². The molecular formula is C36H48O4. The van der Waals surface area contributed by atoms with Gasteiger partial charge in [-0.1, -0.05) is 0 Å². The summed E-state index contributed by atoms with van der Waals surface area (Å²) < 4.78 is 10.7. The van der Waals surface area contributed by atoms with Gasteiger partial charge in [-0.2, -0.15) is 0 Å². The van der Waals surface area contributed by atoms with Gasteiger partial charge in [0.15, 0.2) is 0 Å². The van der Waals surface area contributed by atoms with Crippen molar-refractivity contribution in [2.75, 3.05) is 6.61 Å². The number of carbonyl (C=O) groups excluding carboxylic acids is 2. The first-order valence-corrected chi connectivity index (χ1v) is 15.8. The normalized spacial score (nSPS) is 16.6. The van der Waals surface area contributed by atoms with Crippen molar-refractivity contribution >= 4 is 11.9 Å². The topological polar surface area (TPSA) is 52.6 Å². The molecule has 0 spiro atoms. The summed E-state index contributed by atoms with van der Waals surface area (Å²) in [5.74, 6) is -0.135. The molecule has 0 fully saturated rings. The van der Waals surface area contributed by atoms with Crippen molar-refractivity contribution in [2.45, 2.75) is 137 Å². The largest absolute Gasteiger partial charge is 0.466 e. The fourth-order valence-corrected chi connectivity index (χ4v) is 8.00. The first-order chi connectivity index (χ1) is 19.1. The SMILES string of the molecule is CCOC(=O)Cc1c2c(c(C)c3c1CCC3)CCC2.Cc1c2c(c(CC(=O)OC(C)(C)C)c3c1CCC3)CCC2. The average molecular weight is 545 g/mol. The van der Waals surface area contributed by atoms with E-state index >= 15 is 0 Å². The van der Waals surface area contributed by atoms with Crippen molar-refractivity contribution in [2.24, 2.45) is 0 Å². The van der Waals surface area contributed by atoms with E-state index in [1.807, 2.05) is 27.7 Å². The number of carbonyl (C=O) groups is 2. The van der Waals surface area contributed by atoms with Crippen LogP contribution in [0.15, 0.2) is 0 Å². The summed E-state index contributed by atoms with van der Waals surface area (Å²) in [6, 6.07) is 0. The fourth-order valence-electron chi connectivity index (χ4n) is 8.00. The lowest BCUT2D eigenvalue weighted by atomic mass is 9.88. The van der Waals surface area contributed by atoms with Gasteiger partial charge in [0.1, 0.15) is 5.60 Å². The molecule has 0 saturated heterocycles. The van der Waals surface area contributed by atoms with E-state index in [0.29, 0.717) is 19.4 Å².